The van der Waals surface area contributed by atoms with Crippen LogP contribution in [0.25, 0.3) is 0 Å². The SMILES string of the molecule is CC=C(NC(CCC(=O)CC(C)(C)C)C(=O)NCC(O)=C(C)C)[C@H](CC(=O)OC(C)(C)C)NC(=O)CCc1ccccc1. The second-order valence-corrected chi connectivity index (χ2v) is 13.3. The molecule has 0 aromatic heterocycles. The smallest absolute Gasteiger partial charge is 0.308 e. The van der Waals surface area contributed by atoms with E-state index in [2.05, 4.69) is 16.0 Å². The van der Waals surface area contributed by atoms with E-state index in [1.54, 1.807) is 47.6 Å². The van der Waals surface area contributed by atoms with Crippen molar-refractivity contribution in [2.75, 3.05) is 6.54 Å². The molecule has 43 heavy (non-hydrogen) atoms. The largest absolute Gasteiger partial charge is 0.511 e. The summed E-state index contributed by atoms with van der Waals surface area (Å²) in [5.41, 5.74) is 1.24. The number of carbonyl (C=O) groups excluding carboxylic acids is 4. The standard InChI is InChI=1S/C34H53N3O6/c1-10-26(36-27(18-17-25(38)21-33(4,5)6)32(42)35-22-29(39)23(2)3)28(20-31(41)43-34(7,8)9)37-30(40)19-16-24-14-12-11-13-15-24/h10-15,27-28,36,39H,16-22H2,1-9H3,(H,35,42)(H,37,40)/t27?,28-/m0/s1. The first-order valence-corrected chi connectivity index (χ1v) is 15.0. The molecule has 0 saturated heterocycles. The fourth-order valence-electron chi connectivity index (χ4n) is 4.27. The molecule has 0 aliphatic heterocycles. The molecule has 0 spiro atoms. The number of ketones is 1. The molecule has 0 aliphatic rings. The van der Waals surface area contributed by atoms with Gasteiger partial charge in [-0.2, -0.15) is 0 Å². The van der Waals surface area contributed by atoms with Gasteiger partial charge in [0.2, 0.25) is 11.8 Å². The van der Waals surface area contributed by atoms with Crippen molar-refractivity contribution in [3.05, 3.63) is 59.0 Å². The van der Waals surface area contributed by atoms with Gasteiger partial charge in [-0.15, -0.1) is 0 Å². The Balaban J connectivity index is 3.20. The van der Waals surface area contributed by atoms with Crippen LogP contribution < -0.4 is 16.0 Å². The Morgan fingerprint density at radius 3 is 2.09 bits per heavy atom. The molecule has 0 bridgehead atoms. The van der Waals surface area contributed by atoms with Gasteiger partial charge in [0.1, 0.15) is 23.2 Å². The molecule has 1 aromatic rings. The van der Waals surface area contributed by atoms with Crippen LogP contribution >= 0.6 is 0 Å². The van der Waals surface area contributed by atoms with E-state index in [0.29, 0.717) is 24.1 Å². The minimum atomic E-state index is -0.859. The second kappa shape index (κ2) is 17.5. The van der Waals surface area contributed by atoms with Crippen molar-refractivity contribution >= 4 is 23.6 Å². The van der Waals surface area contributed by atoms with Gasteiger partial charge in [0.05, 0.1) is 19.0 Å². The molecule has 1 aromatic carbocycles. The number of rotatable bonds is 16. The first-order chi connectivity index (χ1) is 19.9. The monoisotopic (exact) mass is 599 g/mol. The lowest BCUT2D eigenvalue weighted by molar-refractivity contribution is -0.155. The van der Waals surface area contributed by atoms with Crippen LogP contribution in [0.1, 0.15) is 100.0 Å². The molecule has 0 aliphatic carbocycles. The third-order valence-corrected chi connectivity index (χ3v) is 6.40. The molecule has 0 radical (unpaired) electrons. The van der Waals surface area contributed by atoms with Gasteiger partial charge in [0, 0.05) is 25.0 Å². The molecule has 0 saturated carbocycles. The Bertz CT molecular complexity index is 1140. The van der Waals surface area contributed by atoms with Gasteiger partial charge in [-0.25, -0.2) is 0 Å². The quantitative estimate of drug-likeness (QED) is 0.147. The number of Topliss-reactive ketones (excluding diaryl/α,β-unsaturated/α-hetero) is 1. The highest BCUT2D eigenvalue weighted by Crippen LogP contribution is 2.21. The average molecular weight is 600 g/mol. The molecule has 2 atom stereocenters. The Hall–Kier alpha value is -3.62. The molecule has 1 unspecified atom stereocenters. The van der Waals surface area contributed by atoms with Crippen molar-refractivity contribution < 1.29 is 29.0 Å². The molecular weight excluding hydrogens is 546 g/mol. The van der Waals surface area contributed by atoms with E-state index in [4.69, 9.17) is 4.74 Å². The van der Waals surface area contributed by atoms with E-state index >= 15 is 0 Å². The molecule has 0 fully saturated rings. The first-order valence-electron chi connectivity index (χ1n) is 15.0. The molecule has 240 valence electrons. The van der Waals surface area contributed by atoms with E-state index in [1.807, 2.05) is 51.1 Å². The van der Waals surface area contributed by atoms with E-state index < -0.39 is 29.6 Å². The number of ether oxygens (including phenoxy) is 1. The lowest BCUT2D eigenvalue weighted by atomic mass is 9.88. The third kappa shape index (κ3) is 16.6. The van der Waals surface area contributed by atoms with Crippen molar-refractivity contribution in [3.63, 3.8) is 0 Å². The van der Waals surface area contributed by atoms with Crippen LogP contribution in [0.15, 0.2) is 53.4 Å². The van der Waals surface area contributed by atoms with E-state index in [0.717, 1.165) is 5.56 Å². The van der Waals surface area contributed by atoms with Crippen LogP contribution in [-0.4, -0.2) is 52.9 Å². The fraction of sp³-hybridized carbons (Fsp3) is 0.588. The number of benzene rings is 1. The van der Waals surface area contributed by atoms with Gasteiger partial charge in [-0.05, 0) is 70.9 Å². The average Bonchev–Trinajstić information content (AvgIpc) is 2.88. The summed E-state index contributed by atoms with van der Waals surface area (Å²) >= 11 is 0. The molecule has 9 heteroatoms. The molecule has 2 amide bonds. The highest BCUT2D eigenvalue weighted by Gasteiger charge is 2.28. The molecular formula is C34H53N3O6. The van der Waals surface area contributed by atoms with Crippen LogP contribution in [0.3, 0.4) is 0 Å². The van der Waals surface area contributed by atoms with Crippen molar-refractivity contribution in [3.8, 4) is 0 Å². The summed E-state index contributed by atoms with van der Waals surface area (Å²) in [5, 5.41) is 19.0. The minimum Gasteiger partial charge on any atom is -0.511 e. The number of carbonyl (C=O) groups is 4. The predicted molar refractivity (Wildman–Crippen MR) is 170 cm³/mol. The van der Waals surface area contributed by atoms with Crippen LogP contribution in [0, 0.1) is 5.41 Å². The summed E-state index contributed by atoms with van der Waals surface area (Å²) in [7, 11) is 0. The number of hydrogen-bond acceptors (Lipinski definition) is 7. The highest BCUT2D eigenvalue weighted by atomic mass is 16.6. The zero-order valence-electron chi connectivity index (χ0n) is 27.6. The lowest BCUT2D eigenvalue weighted by Gasteiger charge is -2.28. The topological polar surface area (TPSA) is 134 Å². The zero-order valence-corrected chi connectivity index (χ0v) is 27.6. The summed E-state index contributed by atoms with van der Waals surface area (Å²) in [6.45, 7) is 16.4. The maximum atomic E-state index is 13.3. The Morgan fingerprint density at radius 1 is 0.930 bits per heavy atom. The van der Waals surface area contributed by atoms with Gasteiger partial charge < -0.3 is 25.8 Å². The van der Waals surface area contributed by atoms with E-state index in [1.165, 1.54) is 0 Å². The maximum Gasteiger partial charge on any atom is 0.308 e. The number of esters is 1. The number of amides is 2. The molecule has 4 N–H and O–H groups in total. The first kappa shape index (κ1) is 37.4. The Labute approximate surface area is 257 Å². The zero-order chi connectivity index (χ0) is 32.8. The number of hydrogen-bond donors (Lipinski definition) is 4. The maximum absolute atomic E-state index is 13.3. The van der Waals surface area contributed by atoms with Crippen molar-refractivity contribution in [2.45, 2.75) is 119 Å². The predicted octanol–water partition coefficient (Wildman–Crippen LogP) is 5.45. The Kier molecular flexibility index (Phi) is 15.2. The molecule has 0 heterocycles. The number of aliphatic hydroxyl groups is 1. The molecule has 9 nitrogen and oxygen atoms in total. The van der Waals surface area contributed by atoms with Crippen LogP contribution in [0.4, 0.5) is 0 Å². The minimum absolute atomic E-state index is 0.0285. The summed E-state index contributed by atoms with van der Waals surface area (Å²) in [6.07, 6.45) is 3.00. The lowest BCUT2D eigenvalue weighted by Crippen LogP contribution is -2.50. The number of nitrogens with one attached hydrogen (secondary N) is 3. The van der Waals surface area contributed by atoms with Crippen LogP contribution in [0.5, 0.6) is 0 Å². The van der Waals surface area contributed by atoms with Crippen LogP contribution in [-0.2, 0) is 30.3 Å². The van der Waals surface area contributed by atoms with Gasteiger partial charge >= 0.3 is 5.97 Å². The van der Waals surface area contributed by atoms with Crippen molar-refractivity contribution in [1.29, 1.82) is 0 Å². The van der Waals surface area contributed by atoms with Crippen molar-refractivity contribution in [1.82, 2.24) is 16.0 Å². The molecule has 1 rings (SSSR count). The fourth-order valence-corrected chi connectivity index (χ4v) is 4.27. The summed E-state index contributed by atoms with van der Waals surface area (Å²) in [4.78, 5) is 51.9. The Morgan fingerprint density at radius 2 is 1.56 bits per heavy atom. The van der Waals surface area contributed by atoms with E-state index in [-0.39, 0.29) is 55.1 Å². The third-order valence-electron chi connectivity index (χ3n) is 6.40. The normalized spacial score (nSPS) is 13.4. The van der Waals surface area contributed by atoms with E-state index in [9.17, 15) is 24.3 Å². The van der Waals surface area contributed by atoms with Gasteiger partial charge in [0.15, 0.2) is 0 Å². The van der Waals surface area contributed by atoms with Gasteiger partial charge in [-0.3, -0.25) is 19.2 Å². The number of aliphatic hydroxyl groups excluding tert-OH is 1. The summed E-state index contributed by atoms with van der Waals surface area (Å²) in [5.74, 6) is -1.09. The highest BCUT2D eigenvalue weighted by molar-refractivity contribution is 5.84. The summed E-state index contributed by atoms with van der Waals surface area (Å²) < 4.78 is 5.54. The van der Waals surface area contributed by atoms with Crippen molar-refractivity contribution in [2.24, 2.45) is 5.41 Å². The van der Waals surface area contributed by atoms with Gasteiger partial charge in [-0.1, -0.05) is 57.2 Å². The number of aryl methyl sites for hydroxylation is 1. The summed E-state index contributed by atoms with van der Waals surface area (Å²) in [6, 6.07) is 7.97. The number of allylic oxidation sites excluding steroid dienone is 2. The second-order valence-electron chi connectivity index (χ2n) is 13.3. The van der Waals surface area contributed by atoms with Crippen LogP contribution in [0.2, 0.25) is 0 Å². The van der Waals surface area contributed by atoms with Gasteiger partial charge in [0.25, 0.3) is 0 Å².